The molecule has 33 heavy (non-hydrogen) atoms. The van der Waals surface area contributed by atoms with Crippen LogP contribution in [0, 0.1) is 11.6 Å². The fourth-order valence-corrected chi connectivity index (χ4v) is 4.29. The highest BCUT2D eigenvalue weighted by Crippen LogP contribution is 2.37. The Morgan fingerprint density at radius 3 is 2.42 bits per heavy atom. The van der Waals surface area contributed by atoms with Crippen LogP contribution in [0.3, 0.4) is 0 Å². The van der Waals surface area contributed by atoms with Gasteiger partial charge in [0.15, 0.2) is 0 Å². The van der Waals surface area contributed by atoms with Crippen LogP contribution in [0.15, 0.2) is 85.1 Å². The van der Waals surface area contributed by atoms with Crippen LogP contribution in [0.5, 0.6) is 5.75 Å². The summed E-state index contributed by atoms with van der Waals surface area (Å²) in [6.45, 7) is 0.253. The van der Waals surface area contributed by atoms with E-state index in [0.717, 1.165) is 23.0 Å². The molecule has 1 N–H and O–H groups in total. The van der Waals surface area contributed by atoms with Gasteiger partial charge in [0, 0.05) is 23.6 Å². The molecule has 1 atom stereocenters. The lowest BCUT2D eigenvalue weighted by molar-refractivity contribution is 0.194. The Kier molecular flexibility index (Phi) is 5.30. The third-order valence-electron chi connectivity index (χ3n) is 5.77. The number of para-hydroxylation sites is 1. The molecule has 2 heterocycles. The molecule has 166 valence electrons. The van der Waals surface area contributed by atoms with Crippen LogP contribution in [0.2, 0.25) is 0 Å². The fourth-order valence-electron chi connectivity index (χ4n) is 4.29. The number of amides is 2. The molecule has 1 aliphatic rings. The maximum atomic E-state index is 14.2. The van der Waals surface area contributed by atoms with E-state index in [4.69, 9.17) is 4.74 Å². The zero-order valence-corrected chi connectivity index (χ0v) is 17.8. The highest BCUT2D eigenvalue weighted by Gasteiger charge is 2.33. The summed E-state index contributed by atoms with van der Waals surface area (Å²) in [5.41, 5.74) is 3.50. The minimum absolute atomic E-state index is 0.253. The molecule has 0 spiro atoms. The molecule has 1 aliphatic heterocycles. The molecule has 0 fully saturated rings. The van der Waals surface area contributed by atoms with Crippen molar-refractivity contribution in [1.82, 2.24) is 9.47 Å². The Hall–Kier alpha value is -4.13. The molecule has 0 saturated heterocycles. The number of hydrogen-bond donors (Lipinski definition) is 1. The molecule has 0 saturated carbocycles. The lowest BCUT2D eigenvalue weighted by Gasteiger charge is -2.31. The minimum atomic E-state index is -0.712. The first kappa shape index (κ1) is 20.8. The summed E-state index contributed by atoms with van der Waals surface area (Å²) in [7, 11) is 1.57. The molecule has 4 aromatic rings. The first-order chi connectivity index (χ1) is 16.0. The summed E-state index contributed by atoms with van der Waals surface area (Å²) in [6.07, 6.45) is 1.89. The second-order valence-electron chi connectivity index (χ2n) is 7.82. The van der Waals surface area contributed by atoms with Crippen molar-refractivity contribution in [2.75, 3.05) is 12.4 Å². The first-order valence-electron chi connectivity index (χ1n) is 10.5. The zero-order chi connectivity index (χ0) is 22.9. The number of rotatable bonds is 3. The second kappa shape index (κ2) is 8.43. The zero-order valence-electron chi connectivity index (χ0n) is 17.8. The largest absolute Gasteiger partial charge is 0.497 e. The summed E-state index contributed by atoms with van der Waals surface area (Å²) in [5, 5.41) is 2.91. The molecule has 0 radical (unpaired) electrons. The number of nitrogens with one attached hydrogen (secondary N) is 1. The van der Waals surface area contributed by atoms with Crippen molar-refractivity contribution < 1.29 is 18.3 Å². The van der Waals surface area contributed by atoms with Gasteiger partial charge in [0.05, 0.1) is 25.4 Å². The van der Waals surface area contributed by atoms with Gasteiger partial charge in [0.1, 0.15) is 17.4 Å². The van der Waals surface area contributed by atoms with Crippen molar-refractivity contribution in [2.45, 2.75) is 12.6 Å². The summed E-state index contributed by atoms with van der Waals surface area (Å²) in [5.74, 6) is -0.719. The molecule has 7 heteroatoms. The molecule has 0 aliphatic carbocycles. The lowest BCUT2D eigenvalue weighted by atomic mass is 10.0. The van der Waals surface area contributed by atoms with Gasteiger partial charge in [-0.25, -0.2) is 13.6 Å². The van der Waals surface area contributed by atoms with Crippen LogP contribution < -0.4 is 10.1 Å². The number of hydrogen-bond acceptors (Lipinski definition) is 2. The van der Waals surface area contributed by atoms with E-state index in [1.165, 1.54) is 12.1 Å². The number of carbonyl (C=O) groups excluding carboxylic acids is 1. The summed E-state index contributed by atoms with van der Waals surface area (Å²) >= 11 is 0. The van der Waals surface area contributed by atoms with Gasteiger partial charge in [-0.15, -0.1) is 0 Å². The third kappa shape index (κ3) is 3.93. The normalized spacial score (nSPS) is 14.8. The highest BCUT2D eigenvalue weighted by atomic mass is 19.1. The number of carbonyl (C=O) groups is 1. The number of ether oxygens (including phenoxy) is 1. The molecule has 1 aromatic heterocycles. The Balaban J connectivity index is 1.62. The SMILES string of the molecule is COc1ccc(NC(=O)N2Cc3ccccc3-n3cccc3[C@@H]2c2cc(F)cc(F)c2)cc1. The number of urea groups is 1. The quantitative estimate of drug-likeness (QED) is 0.427. The maximum absolute atomic E-state index is 14.2. The van der Waals surface area contributed by atoms with E-state index in [2.05, 4.69) is 5.32 Å². The Labute approximate surface area is 189 Å². The van der Waals surface area contributed by atoms with Crippen molar-refractivity contribution in [2.24, 2.45) is 0 Å². The standard InChI is InChI=1S/C26H21F2N3O2/c1-33-22-10-8-21(9-11-22)29-26(32)31-16-17-5-2-3-6-23(17)30-12-4-7-24(30)25(31)18-13-19(27)15-20(28)14-18/h2-15,25H,16H2,1H3,(H,29,32)/t25-/m0/s1. The van der Waals surface area contributed by atoms with Crippen molar-refractivity contribution in [3.8, 4) is 11.4 Å². The summed E-state index contributed by atoms with van der Waals surface area (Å²) in [4.78, 5) is 15.1. The number of benzene rings is 3. The van der Waals surface area contributed by atoms with Crippen LogP contribution in [0.25, 0.3) is 5.69 Å². The Morgan fingerprint density at radius 2 is 1.70 bits per heavy atom. The van der Waals surface area contributed by atoms with E-state index in [0.29, 0.717) is 17.0 Å². The highest BCUT2D eigenvalue weighted by molar-refractivity contribution is 5.90. The first-order valence-corrected chi connectivity index (χ1v) is 10.5. The monoisotopic (exact) mass is 445 g/mol. The van der Waals surface area contributed by atoms with Crippen LogP contribution in [-0.2, 0) is 6.54 Å². The Morgan fingerprint density at radius 1 is 0.970 bits per heavy atom. The molecular formula is C26H21F2N3O2. The fraction of sp³-hybridized carbons (Fsp3) is 0.115. The molecule has 3 aromatic carbocycles. The summed E-state index contributed by atoms with van der Waals surface area (Å²) in [6, 6.07) is 20.7. The number of anilines is 1. The van der Waals surface area contributed by atoms with Crippen LogP contribution >= 0.6 is 0 Å². The maximum Gasteiger partial charge on any atom is 0.322 e. The van der Waals surface area contributed by atoms with Gasteiger partial charge in [-0.1, -0.05) is 18.2 Å². The molecule has 5 nitrogen and oxygen atoms in total. The van der Waals surface area contributed by atoms with Crippen molar-refractivity contribution >= 4 is 11.7 Å². The lowest BCUT2D eigenvalue weighted by Crippen LogP contribution is -2.38. The van der Waals surface area contributed by atoms with Crippen LogP contribution in [0.4, 0.5) is 19.3 Å². The van der Waals surface area contributed by atoms with Crippen molar-refractivity contribution in [1.29, 1.82) is 0 Å². The second-order valence-corrected chi connectivity index (χ2v) is 7.82. The van der Waals surface area contributed by atoms with Crippen molar-refractivity contribution in [3.05, 3.63) is 114 Å². The molecular weight excluding hydrogens is 424 g/mol. The smallest absolute Gasteiger partial charge is 0.322 e. The van der Waals surface area contributed by atoms with Gasteiger partial charge < -0.3 is 19.5 Å². The van der Waals surface area contributed by atoms with E-state index >= 15 is 0 Å². The third-order valence-corrected chi connectivity index (χ3v) is 5.77. The minimum Gasteiger partial charge on any atom is -0.497 e. The number of nitrogens with zero attached hydrogens (tertiary/aromatic N) is 2. The van der Waals surface area contributed by atoms with Gasteiger partial charge in [0.25, 0.3) is 0 Å². The molecule has 0 bridgehead atoms. The number of aromatic nitrogens is 1. The molecule has 2 amide bonds. The van der Waals surface area contributed by atoms with E-state index in [1.807, 2.05) is 47.2 Å². The average molecular weight is 445 g/mol. The Bertz CT molecular complexity index is 1300. The summed E-state index contributed by atoms with van der Waals surface area (Å²) < 4.78 is 35.6. The van der Waals surface area contributed by atoms with Crippen LogP contribution in [0.1, 0.15) is 22.9 Å². The number of fused-ring (bicyclic) bond motifs is 3. The number of methoxy groups -OCH3 is 1. The van der Waals surface area contributed by atoms with Gasteiger partial charge >= 0.3 is 6.03 Å². The molecule has 0 unspecified atom stereocenters. The van der Waals surface area contributed by atoms with E-state index < -0.39 is 17.7 Å². The van der Waals surface area contributed by atoms with E-state index in [9.17, 15) is 13.6 Å². The van der Waals surface area contributed by atoms with E-state index in [1.54, 1.807) is 36.3 Å². The van der Waals surface area contributed by atoms with E-state index in [-0.39, 0.29) is 12.6 Å². The van der Waals surface area contributed by atoms with Crippen LogP contribution in [-0.4, -0.2) is 22.6 Å². The van der Waals surface area contributed by atoms with Crippen molar-refractivity contribution in [3.63, 3.8) is 0 Å². The van der Waals surface area contributed by atoms with Gasteiger partial charge in [-0.05, 0) is 65.7 Å². The average Bonchev–Trinajstić information content (AvgIpc) is 3.23. The topological polar surface area (TPSA) is 46.5 Å². The predicted octanol–water partition coefficient (Wildman–Crippen LogP) is 5.90. The van der Waals surface area contributed by atoms with Gasteiger partial charge in [-0.2, -0.15) is 0 Å². The van der Waals surface area contributed by atoms with Gasteiger partial charge in [0.2, 0.25) is 0 Å². The molecule has 5 rings (SSSR count). The predicted molar refractivity (Wildman–Crippen MR) is 122 cm³/mol. The van der Waals surface area contributed by atoms with Gasteiger partial charge in [-0.3, -0.25) is 0 Å². The number of halogens is 2.